The maximum atomic E-state index is 14.0. The monoisotopic (exact) mass is 536 g/mol. The lowest BCUT2D eigenvalue weighted by molar-refractivity contribution is -0.141. The van der Waals surface area contributed by atoms with E-state index in [-0.39, 0.29) is 30.8 Å². The van der Waals surface area contributed by atoms with E-state index in [0.29, 0.717) is 16.5 Å². The largest absolute Gasteiger partial charge is 0.352 e. The number of halogens is 2. The van der Waals surface area contributed by atoms with Crippen LogP contribution in [0.25, 0.3) is 0 Å². The van der Waals surface area contributed by atoms with Gasteiger partial charge in [-0.2, -0.15) is 0 Å². The summed E-state index contributed by atoms with van der Waals surface area (Å²) < 4.78 is 0. The van der Waals surface area contributed by atoms with Gasteiger partial charge in [-0.1, -0.05) is 96.2 Å². The van der Waals surface area contributed by atoms with E-state index in [2.05, 4.69) is 11.4 Å². The van der Waals surface area contributed by atoms with Gasteiger partial charge in [0, 0.05) is 19.0 Å². The van der Waals surface area contributed by atoms with Gasteiger partial charge in [0.2, 0.25) is 11.8 Å². The second kappa shape index (κ2) is 12.6. The van der Waals surface area contributed by atoms with Crippen molar-refractivity contribution in [2.75, 3.05) is 0 Å². The molecule has 1 saturated carbocycles. The first-order chi connectivity index (χ1) is 17.8. The number of rotatable bonds is 9. The molecule has 0 aromatic heterocycles. The minimum Gasteiger partial charge on any atom is -0.352 e. The Hall–Kier alpha value is -2.82. The fraction of sp³-hybridized carbons (Fsp3) is 0.355. The maximum absolute atomic E-state index is 14.0. The fourth-order valence-electron chi connectivity index (χ4n) is 5.01. The van der Waals surface area contributed by atoms with Gasteiger partial charge in [0.05, 0.1) is 16.5 Å². The number of hydrogen-bond acceptors (Lipinski definition) is 2. The lowest BCUT2D eigenvalue weighted by Gasteiger charge is -2.32. The van der Waals surface area contributed by atoms with Gasteiger partial charge in [0.1, 0.15) is 6.04 Å². The van der Waals surface area contributed by atoms with Crippen molar-refractivity contribution in [2.24, 2.45) is 0 Å². The van der Waals surface area contributed by atoms with Crippen LogP contribution in [0.15, 0.2) is 66.7 Å². The molecule has 0 aliphatic heterocycles. The van der Waals surface area contributed by atoms with Crippen molar-refractivity contribution < 1.29 is 9.59 Å². The molecule has 1 fully saturated rings. The van der Waals surface area contributed by atoms with Crippen LogP contribution < -0.4 is 5.32 Å². The summed E-state index contributed by atoms with van der Waals surface area (Å²) in [5.74, 6) is -0.201. The van der Waals surface area contributed by atoms with Crippen molar-refractivity contribution in [3.05, 3.63) is 105 Å². The average Bonchev–Trinajstić information content (AvgIpc) is 3.39. The van der Waals surface area contributed by atoms with Gasteiger partial charge in [0.15, 0.2) is 0 Å². The van der Waals surface area contributed by atoms with Crippen molar-refractivity contribution in [1.29, 1.82) is 0 Å². The average molecular weight is 538 g/mol. The van der Waals surface area contributed by atoms with E-state index in [1.165, 1.54) is 0 Å². The summed E-state index contributed by atoms with van der Waals surface area (Å²) in [6.45, 7) is 4.30. The highest BCUT2D eigenvalue weighted by molar-refractivity contribution is 6.42. The Labute approximate surface area is 230 Å². The number of nitrogens with one attached hydrogen (secondary N) is 1. The van der Waals surface area contributed by atoms with Crippen molar-refractivity contribution in [1.82, 2.24) is 10.2 Å². The van der Waals surface area contributed by atoms with Gasteiger partial charge >= 0.3 is 0 Å². The normalized spacial score (nSPS) is 14.4. The fourth-order valence-corrected chi connectivity index (χ4v) is 5.33. The van der Waals surface area contributed by atoms with E-state index in [1.54, 1.807) is 17.0 Å². The third kappa shape index (κ3) is 7.37. The predicted molar refractivity (Wildman–Crippen MR) is 151 cm³/mol. The molecule has 0 bridgehead atoms. The van der Waals surface area contributed by atoms with Gasteiger partial charge < -0.3 is 10.2 Å². The Morgan fingerprint density at radius 2 is 1.65 bits per heavy atom. The summed E-state index contributed by atoms with van der Waals surface area (Å²) in [7, 11) is 0. The molecule has 3 aromatic rings. The van der Waals surface area contributed by atoms with Crippen LogP contribution >= 0.6 is 23.2 Å². The highest BCUT2D eigenvalue weighted by atomic mass is 35.5. The Balaban J connectivity index is 1.69. The summed E-state index contributed by atoms with van der Waals surface area (Å²) in [6, 6.07) is 20.9. The van der Waals surface area contributed by atoms with Crippen LogP contribution in [0, 0.1) is 13.8 Å². The molecule has 2 amide bonds. The molecular formula is C31H34Cl2N2O2. The van der Waals surface area contributed by atoms with Crippen LogP contribution in [-0.4, -0.2) is 28.8 Å². The molecule has 194 valence electrons. The molecular weight excluding hydrogens is 503 g/mol. The molecule has 1 atom stereocenters. The first kappa shape index (κ1) is 27.2. The van der Waals surface area contributed by atoms with Crippen LogP contribution in [0.1, 0.15) is 53.5 Å². The lowest BCUT2D eigenvalue weighted by Crippen LogP contribution is -2.52. The summed E-state index contributed by atoms with van der Waals surface area (Å²) >= 11 is 12.5. The third-order valence-electron chi connectivity index (χ3n) is 7.16. The Morgan fingerprint density at radius 3 is 2.35 bits per heavy atom. The Bertz CT molecular complexity index is 1240. The lowest BCUT2D eigenvalue weighted by atomic mass is 9.99. The van der Waals surface area contributed by atoms with E-state index >= 15 is 0 Å². The van der Waals surface area contributed by atoms with E-state index in [0.717, 1.165) is 53.5 Å². The minimum atomic E-state index is -0.657. The van der Waals surface area contributed by atoms with Crippen LogP contribution in [0.4, 0.5) is 0 Å². The molecule has 3 aromatic carbocycles. The molecule has 1 aliphatic carbocycles. The molecule has 0 heterocycles. The Kier molecular flexibility index (Phi) is 9.28. The summed E-state index contributed by atoms with van der Waals surface area (Å²) in [6.07, 6.45) is 4.84. The van der Waals surface area contributed by atoms with Gasteiger partial charge in [-0.15, -0.1) is 0 Å². The van der Waals surface area contributed by atoms with E-state index in [4.69, 9.17) is 23.2 Å². The number of benzene rings is 3. The van der Waals surface area contributed by atoms with E-state index < -0.39 is 6.04 Å². The topological polar surface area (TPSA) is 49.4 Å². The number of nitrogens with zero attached hydrogens (tertiary/aromatic N) is 1. The molecule has 1 aliphatic rings. The van der Waals surface area contributed by atoms with Crippen LogP contribution in [0.3, 0.4) is 0 Å². The molecule has 0 spiro atoms. The van der Waals surface area contributed by atoms with Gasteiger partial charge in [-0.05, 0) is 61.1 Å². The number of aryl methyl sites for hydroxylation is 2. The van der Waals surface area contributed by atoms with Crippen LogP contribution in [-0.2, 0) is 29.0 Å². The number of hydrogen-bond donors (Lipinski definition) is 1. The molecule has 0 unspecified atom stereocenters. The van der Waals surface area contributed by atoms with Crippen molar-refractivity contribution >= 4 is 35.0 Å². The number of amides is 2. The first-order valence-electron chi connectivity index (χ1n) is 12.9. The highest BCUT2D eigenvalue weighted by Gasteiger charge is 2.32. The van der Waals surface area contributed by atoms with E-state index in [9.17, 15) is 9.59 Å². The molecule has 37 heavy (non-hydrogen) atoms. The van der Waals surface area contributed by atoms with Crippen LogP contribution in [0.2, 0.25) is 10.0 Å². The molecule has 4 rings (SSSR count). The van der Waals surface area contributed by atoms with Crippen molar-refractivity contribution in [2.45, 2.75) is 71.0 Å². The van der Waals surface area contributed by atoms with Crippen molar-refractivity contribution in [3.63, 3.8) is 0 Å². The number of carbonyl (C=O) groups excluding carboxylic acids is 2. The summed E-state index contributed by atoms with van der Waals surface area (Å²) in [5, 5.41) is 4.13. The zero-order valence-corrected chi connectivity index (χ0v) is 23.0. The maximum Gasteiger partial charge on any atom is 0.243 e. The van der Waals surface area contributed by atoms with Gasteiger partial charge in [0.25, 0.3) is 0 Å². The predicted octanol–water partition coefficient (Wildman–Crippen LogP) is 6.85. The quantitative estimate of drug-likeness (QED) is 0.325. The van der Waals surface area contributed by atoms with Crippen LogP contribution in [0.5, 0.6) is 0 Å². The summed E-state index contributed by atoms with van der Waals surface area (Å²) in [5.41, 5.74) is 4.97. The van der Waals surface area contributed by atoms with Gasteiger partial charge in [-0.25, -0.2) is 0 Å². The van der Waals surface area contributed by atoms with E-state index in [1.807, 2.05) is 62.4 Å². The molecule has 0 saturated heterocycles. The highest BCUT2D eigenvalue weighted by Crippen LogP contribution is 2.25. The zero-order valence-electron chi connectivity index (χ0n) is 21.5. The molecule has 1 N–H and O–H groups in total. The standard InChI is InChI=1S/C31H34Cl2N2O2/c1-21-12-13-22(2)25(16-21)19-30(36)35(20-24-14-15-27(32)28(33)17-24)29(18-23-8-4-3-5-9-23)31(37)34-26-10-6-7-11-26/h3-5,8-9,12-17,26,29H,6-7,10-11,18-20H2,1-2H3,(H,34,37)/t29-/m1/s1. The van der Waals surface area contributed by atoms with Gasteiger partial charge in [-0.3, -0.25) is 9.59 Å². The Morgan fingerprint density at radius 1 is 0.919 bits per heavy atom. The second-order valence-electron chi connectivity index (χ2n) is 10.1. The summed E-state index contributed by atoms with van der Waals surface area (Å²) in [4.78, 5) is 29.5. The third-order valence-corrected chi connectivity index (χ3v) is 7.89. The molecule has 4 nitrogen and oxygen atoms in total. The minimum absolute atomic E-state index is 0.0951. The van der Waals surface area contributed by atoms with Crippen molar-refractivity contribution in [3.8, 4) is 0 Å². The first-order valence-corrected chi connectivity index (χ1v) is 13.7. The second-order valence-corrected chi connectivity index (χ2v) is 10.9. The molecule has 6 heteroatoms. The number of carbonyl (C=O) groups is 2. The smallest absolute Gasteiger partial charge is 0.243 e. The zero-order chi connectivity index (χ0) is 26.4. The molecule has 0 radical (unpaired) electrons. The SMILES string of the molecule is Cc1ccc(C)c(CC(=O)N(Cc2ccc(Cl)c(Cl)c2)[C@H](Cc2ccccc2)C(=O)NC2CCCC2)c1.